The first-order valence-corrected chi connectivity index (χ1v) is 9.95. The average molecular weight is 296 g/mol. The Hall–Kier alpha value is -0.0400. The lowest BCUT2D eigenvalue weighted by molar-refractivity contribution is 0.238. The molecule has 0 aromatic carbocycles. The van der Waals surface area contributed by atoms with Gasteiger partial charge in [0.1, 0.15) is 0 Å². The van der Waals surface area contributed by atoms with E-state index in [0.717, 1.165) is 17.9 Å². The molecule has 2 atom stereocenters. The van der Waals surface area contributed by atoms with Gasteiger partial charge in [0.15, 0.2) is 0 Å². The minimum atomic E-state index is 0.808. The van der Waals surface area contributed by atoms with E-state index in [1.165, 1.54) is 90.0 Å². The molecule has 0 aromatic heterocycles. The van der Waals surface area contributed by atoms with Crippen molar-refractivity contribution < 1.29 is 0 Å². The van der Waals surface area contributed by atoms with Crippen LogP contribution in [-0.2, 0) is 0 Å². The number of unbranched alkanes of at least 4 members (excludes halogenated alkanes) is 9. The molecule has 0 saturated heterocycles. The molecule has 0 spiro atoms. The molecule has 2 unspecified atom stereocenters. The van der Waals surface area contributed by atoms with E-state index in [1.54, 1.807) is 0 Å². The standard InChI is InChI=1S/C20H41N/c1-4-5-6-7-8-9-10-11-12-13-14-21-20-16-18(2)15-19(3)17-20/h18-21H,4-17H2,1-3H3. The van der Waals surface area contributed by atoms with Gasteiger partial charge in [-0.25, -0.2) is 0 Å². The topological polar surface area (TPSA) is 12.0 Å². The summed E-state index contributed by atoms with van der Waals surface area (Å²) >= 11 is 0. The zero-order chi connectivity index (χ0) is 15.3. The van der Waals surface area contributed by atoms with Crippen molar-refractivity contribution in [2.45, 2.75) is 110 Å². The Kier molecular flexibility index (Phi) is 11.3. The molecule has 0 heterocycles. The van der Waals surface area contributed by atoms with Gasteiger partial charge in [0.2, 0.25) is 0 Å². The fourth-order valence-corrected chi connectivity index (χ4v) is 4.03. The van der Waals surface area contributed by atoms with E-state index in [4.69, 9.17) is 0 Å². The highest BCUT2D eigenvalue weighted by atomic mass is 14.9. The van der Waals surface area contributed by atoms with E-state index in [9.17, 15) is 0 Å². The highest BCUT2D eigenvalue weighted by Gasteiger charge is 2.22. The zero-order valence-electron chi connectivity index (χ0n) is 15.1. The van der Waals surface area contributed by atoms with Gasteiger partial charge in [0.25, 0.3) is 0 Å². The van der Waals surface area contributed by atoms with Crippen LogP contribution in [0.15, 0.2) is 0 Å². The Morgan fingerprint density at radius 2 is 1.14 bits per heavy atom. The predicted octanol–water partition coefficient (Wildman–Crippen LogP) is 6.32. The van der Waals surface area contributed by atoms with Crippen molar-refractivity contribution in [2.24, 2.45) is 11.8 Å². The molecular formula is C20H41N. The van der Waals surface area contributed by atoms with Gasteiger partial charge in [-0.2, -0.15) is 0 Å². The van der Waals surface area contributed by atoms with Crippen LogP contribution >= 0.6 is 0 Å². The van der Waals surface area contributed by atoms with Crippen molar-refractivity contribution in [1.29, 1.82) is 0 Å². The van der Waals surface area contributed by atoms with Crippen LogP contribution < -0.4 is 5.32 Å². The zero-order valence-corrected chi connectivity index (χ0v) is 15.1. The highest BCUT2D eigenvalue weighted by molar-refractivity contribution is 4.79. The first kappa shape index (κ1) is 19.0. The monoisotopic (exact) mass is 295 g/mol. The fourth-order valence-electron chi connectivity index (χ4n) is 4.03. The first-order valence-electron chi connectivity index (χ1n) is 9.95. The van der Waals surface area contributed by atoms with Gasteiger partial charge in [0, 0.05) is 6.04 Å². The third kappa shape index (κ3) is 10.3. The molecule has 1 nitrogen and oxygen atoms in total. The van der Waals surface area contributed by atoms with Crippen molar-refractivity contribution in [3.63, 3.8) is 0 Å². The first-order chi connectivity index (χ1) is 10.2. The summed E-state index contributed by atoms with van der Waals surface area (Å²) in [4.78, 5) is 0. The Bertz CT molecular complexity index is 216. The normalized spacial score (nSPS) is 26.1. The average Bonchev–Trinajstić information content (AvgIpc) is 2.44. The van der Waals surface area contributed by atoms with Gasteiger partial charge >= 0.3 is 0 Å². The molecule has 21 heavy (non-hydrogen) atoms. The summed E-state index contributed by atoms with van der Waals surface area (Å²) in [6.07, 6.45) is 18.6. The second kappa shape index (κ2) is 12.5. The second-order valence-electron chi connectivity index (χ2n) is 7.75. The molecule has 1 rings (SSSR count). The molecule has 1 aliphatic rings. The van der Waals surface area contributed by atoms with E-state index in [1.807, 2.05) is 0 Å². The van der Waals surface area contributed by atoms with Crippen LogP contribution in [0.5, 0.6) is 0 Å². The molecule has 0 aliphatic heterocycles. The number of rotatable bonds is 12. The lowest BCUT2D eigenvalue weighted by Crippen LogP contribution is -2.36. The highest BCUT2D eigenvalue weighted by Crippen LogP contribution is 2.28. The summed E-state index contributed by atoms with van der Waals surface area (Å²) in [6.45, 7) is 8.39. The Labute approximate surface area is 134 Å². The Balaban J connectivity index is 1.82. The van der Waals surface area contributed by atoms with Crippen molar-refractivity contribution >= 4 is 0 Å². The van der Waals surface area contributed by atoms with Gasteiger partial charge in [0.05, 0.1) is 0 Å². The SMILES string of the molecule is CCCCCCCCCCCCNC1CC(C)CC(C)C1. The number of hydrogen-bond acceptors (Lipinski definition) is 1. The maximum absolute atomic E-state index is 3.81. The molecule has 0 aromatic rings. The third-order valence-corrected chi connectivity index (χ3v) is 5.14. The van der Waals surface area contributed by atoms with Gasteiger partial charge in [-0.1, -0.05) is 78.6 Å². The van der Waals surface area contributed by atoms with Crippen molar-refractivity contribution in [3.8, 4) is 0 Å². The largest absolute Gasteiger partial charge is 0.314 e. The molecule has 0 bridgehead atoms. The summed E-state index contributed by atoms with van der Waals surface area (Å²) in [6, 6.07) is 0.808. The minimum Gasteiger partial charge on any atom is -0.314 e. The third-order valence-electron chi connectivity index (χ3n) is 5.14. The Morgan fingerprint density at radius 3 is 1.67 bits per heavy atom. The van der Waals surface area contributed by atoms with Gasteiger partial charge in [-0.3, -0.25) is 0 Å². The molecule has 1 fully saturated rings. The van der Waals surface area contributed by atoms with E-state index in [2.05, 4.69) is 26.1 Å². The smallest absolute Gasteiger partial charge is 0.00721 e. The van der Waals surface area contributed by atoms with Crippen LogP contribution in [-0.4, -0.2) is 12.6 Å². The summed E-state index contributed by atoms with van der Waals surface area (Å²) in [5, 5.41) is 3.81. The second-order valence-corrected chi connectivity index (χ2v) is 7.75. The lowest BCUT2D eigenvalue weighted by atomic mass is 9.80. The molecule has 126 valence electrons. The van der Waals surface area contributed by atoms with Crippen LogP contribution in [0.25, 0.3) is 0 Å². The fraction of sp³-hybridized carbons (Fsp3) is 1.00. The molecule has 1 saturated carbocycles. The molecule has 1 N–H and O–H groups in total. The van der Waals surface area contributed by atoms with E-state index >= 15 is 0 Å². The van der Waals surface area contributed by atoms with E-state index in [-0.39, 0.29) is 0 Å². The van der Waals surface area contributed by atoms with E-state index in [0.29, 0.717) is 0 Å². The van der Waals surface area contributed by atoms with Crippen molar-refractivity contribution in [3.05, 3.63) is 0 Å². The van der Waals surface area contributed by atoms with Crippen LogP contribution in [0.2, 0.25) is 0 Å². The van der Waals surface area contributed by atoms with E-state index < -0.39 is 0 Å². The van der Waals surface area contributed by atoms with Crippen molar-refractivity contribution in [2.75, 3.05) is 6.54 Å². The summed E-state index contributed by atoms with van der Waals surface area (Å²) < 4.78 is 0. The molecule has 1 aliphatic carbocycles. The molecule has 1 heteroatoms. The van der Waals surface area contributed by atoms with Gasteiger partial charge < -0.3 is 5.32 Å². The number of hydrogen-bond donors (Lipinski definition) is 1. The van der Waals surface area contributed by atoms with Crippen LogP contribution in [0, 0.1) is 11.8 Å². The van der Waals surface area contributed by atoms with Crippen LogP contribution in [0.3, 0.4) is 0 Å². The number of nitrogens with one attached hydrogen (secondary N) is 1. The van der Waals surface area contributed by atoms with Crippen LogP contribution in [0.4, 0.5) is 0 Å². The Morgan fingerprint density at radius 1 is 0.667 bits per heavy atom. The molecule has 0 radical (unpaired) electrons. The van der Waals surface area contributed by atoms with Crippen molar-refractivity contribution in [1.82, 2.24) is 5.32 Å². The molecule has 0 amide bonds. The maximum Gasteiger partial charge on any atom is 0.00721 e. The predicted molar refractivity (Wildman–Crippen MR) is 95.8 cm³/mol. The summed E-state index contributed by atoms with van der Waals surface area (Å²) in [7, 11) is 0. The summed E-state index contributed by atoms with van der Waals surface area (Å²) in [5.74, 6) is 1.86. The minimum absolute atomic E-state index is 0.808. The summed E-state index contributed by atoms with van der Waals surface area (Å²) in [5.41, 5.74) is 0. The van der Waals surface area contributed by atoms with Gasteiger partial charge in [-0.05, 0) is 44.1 Å². The molecular weight excluding hydrogens is 254 g/mol. The van der Waals surface area contributed by atoms with Crippen LogP contribution in [0.1, 0.15) is 104 Å². The maximum atomic E-state index is 3.81. The quantitative estimate of drug-likeness (QED) is 0.415. The lowest BCUT2D eigenvalue weighted by Gasteiger charge is -2.32. The van der Waals surface area contributed by atoms with Gasteiger partial charge in [-0.15, -0.1) is 0 Å².